The van der Waals surface area contributed by atoms with Gasteiger partial charge in [-0.1, -0.05) is 17.7 Å². The van der Waals surface area contributed by atoms with E-state index in [0.29, 0.717) is 17.1 Å². The van der Waals surface area contributed by atoms with Crippen LogP contribution in [0.1, 0.15) is 39.4 Å². The maximum Gasteiger partial charge on any atom is 0.0992 e. The molecule has 4 heteroatoms. The highest BCUT2D eigenvalue weighted by Crippen LogP contribution is 2.26. The van der Waals surface area contributed by atoms with Crippen molar-refractivity contribution in [2.75, 3.05) is 0 Å². The molecule has 1 atom stereocenters. The minimum Gasteiger partial charge on any atom is -0.306 e. The molecular weight excluding hydrogens is 288 g/mol. The summed E-state index contributed by atoms with van der Waals surface area (Å²) in [6, 6.07) is 10.0. The Morgan fingerprint density at radius 1 is 1.35 bits per heavy atom. The SMILES string of the molecule is Cc1cc(C(C)NCc2ccc(C#N)cc2Cl)c(C)s1. The maximum atomic E-state index is 8.83. The van der Waals surface area contributed by atoms with Gasteiger partial charge in [0.15, 0.2) is 0 Å². The van der Waals surface area contributed by atoms with Gasteiger partial charge in [0.05, 0.1) is 11.6 Å². The molecular formula is C16H17ClN2S. The van der Waals surface area contributed by atoms with Crippen LogP contribution >= 0.6 is 22.9 Å². The highest BCUT2D eigenvalue weighted by Gasteiger charge is 2.11. The van der Waals surface area contributed by atoms with E-state index >= 15 is 0 Å². The largest absolute Gasteiger partial charge is 0.306 e. The second-order valence-corrected chi connectivity index (χ2v) is 6.76. The molecule has 0 saturated heterocycles. The summed E-state index contributed by atoms with van der Waals surface area (Å²) in [5.41, 5.74) is 2.95. The van der Waals surface area contributed by atoms with Crippen molar-refractivity contribution in [3.05, 3.63) is 55.7 Å². The van der Waals surface area contributed by atoms with E-state index in [-0.39, 0.29) is 6.04 Å². The number of rotatable bonds is 4. The fourth-order valence-corrected chi connectivity index (χ4v) is 3.48. The molecule has 0 aliphatic carbocycles. The number of halogens is 1. The zero-order valence-electron chi connectivity index (χ0n) is 11.8. The molecule has 0 radical (unpaired) electrons. The van der Waals surface area contributed by atoms with Crippen molar-refractivity contribution >= 4 is 22.9 Å². The minimum atomic E-state index is 0.284. The molecule has 1 heterocycles. The number of nitriles is 1. The smallest absolute Gasteiger partial charge is 0.0992 e. The molecule has 20 heavy (non-hydrogen) atoms. The van der Waals surface area contributed by atoms with Gasteiger partial charge in [-0.2, -0.15) is 5.26 Å². The Kier molecular flexibility index (Phi) is 4.82. The third kappa shape index (κ3) is 3.40. The molecule has 0 aliphatic rings. The number of hydrogen-bond acceptors (Lipinski definition) is 3. The van der Waals surface area contributed by atoms with Crippen LogP contribution in [0.3, 0.4) is 0 Å². The first-order valence-electron chi connectivity index (χ1n) is 6.50. The van der Waals surface area contributed by atoms with Gasteiger partial charge in [-0.05, 0) is 50.1 Å². The van der Waals surface area contributed by atoms with Crippen LogP contribution in [0.4, 0.5) is 0 Å². The normalized spacial score (nSPS) is 12.2. The third-order valence-electron chi connectivity index (χ3n) is 3.33. The van der Waals surface area contributed by atoms with E-state index in [9.17, 15) is 0 Å². The third-order valence-corrected chi connectivity index (χ3v) is 4.66. The van der Waals surface area contributed by atoms with Crippen LogP contribution in [0.2, 0.25) is 5.02 Å². The van der Waals surface area contributed by atoms with Gasteiger partial charge in [0.1, 0.15) is 0 Å². The van der Waals surface area contributed by atoms with Gasteiger partial charge in [-0.25, -0.2) is 0 Å². The Morgan fingerprint density at radius 3 is 2.65 bits per heavy atom. The minimum absolute atomic E-state index is 0.284. The lowest BCUT2D eigenvalue weighted by atomic mass is 10.1. The molecule has 104 valence electrons. The van der Waals surface area contributed by atoms with Crippen molar-refractivity contribution < 1.29 is 0 Å². The van der Waals surface area contributed by atoms with Crippen LogP contribution < -0.4 is 5.32 Å². The molecule has 0 spiro atoms. The monoisotopic (exact) mass is 304 g/mol. The lowest BCUT2D eigenvalue weighted by molar-refractivity contribution is 0.574. The molecule has 0 bridgehead atoms. The Bertz CT molecular complexity index is 655. The van der Waals surface area contributed by atoms with Crippen molar-refractivity contribution in [1.29, 1.82) is 5.26 Å². The van der Waals surface area contributed by atoms with Crippen LogP contribution in [-0.4, -0.2) is 0 Å². The summed E-state index contributed by atoms with van der Waals surface area (Å²) in [5.74, 6) is 0. The van der Waals surface area contributed by atoms with E-state index in [1.807, 2.05) is 17.4 Å². The van der Waals surface area contributed by atoms with Crippen molar-refractivity contribution in [2.45, 2.75) is 33.4 Å². The molecule has 0 saturated carbocycles. The molecule has 1 aromatic carbocycles. The molecule has 2 rings (SSSR count). The van der Waals surface area contributed by atoms with E-state index < -0.39 is 0 Å². The highest BCUT2D eigenvalue weighted by atomic mass is 35.5. The van der Waals surface area contributed by atoms with Crippen LogP contribution in [0.15, 0.2) is 24.3 Å². The molecule has 1 aromatic heterocycles. The quantitative estimate of drug-likeness (QED) is 0.885. The zero-order valence-corrected chi connectivity index (χ0v) is 13.4. The molecule has 2 aromatic rings. The first-order chi connectivity index (χ1) is 9.51. The Labute approximate surface area is 129 Å². The molecule has 1 N–H and O–H groups in total. The number of hydrogen-bond donors (Lipinski definition) is 1. The van der Waals surface area contributed by atoms with E-state index in [4.69, 9.17) is 16.9 Å². The number of nitrogens with zero attached hydrogens (tertiary/aromatic N) is 1. The summed E-state index contributed by atoms with van der Waals surface area (Å²) < 4.78 is 0. The van der Waals surface area contributed by atoms with E-state index in [0.717, 1.165) is 5.56 Å². The standard InChI is InChI=1S/C16H17ClN2S/c1-10-6-15(12(3)20-10)11(2)19-9-14-5-4-13(8-18)7-16(14)17/h4-7,11,19H,9H2,1-3H3. The van der Waals surface area contributed by atoms with Gasteiger partial charge in [0.25, 0.3) is 0 Å². The first kappa shape index (κ1) is 15.1. The average Bonchev–Trinajstić information content (AvgIpc) is 2.76. The second kappa shape index (κ2) is 6.41. The van der Waals surface area contributed by atoms with E-state index in [2.05, 4.69) is 38.2 Å². The van der Waals surface area contributed by atoms with Crippen LogP contribution in [0.25, 0.3) is 0 Å². The predicted octanol–water partition coefficient (Wildman–Crippen LogP) is 4.74. The average molecular weight is 305 g/mol. The lowest BCUT2D eigenvalue weighted by Crippen LogP contribution is -2.18. The summed E-state index contributed by atoms with van der Waals surface area (Å²) in [6.45, 7) is 7.14. The topological polar surface area (TPSA) is 35.8 Å². The van der Waals surface area contributed by atoms with Gasteiger partial charge >= 0.3 is 0 Å². The Morgan fingerprint density at radius 2 is 2.10 bits per heavy atom. The molecule has 0 aliphatic heterocycles. The fourth-order valence-electron chi connectivity index (χ4n) is 2.21. The summed E-state index contributed by atoms with van der Waals surface area (Å²) in [5, 5.41) is 13.0. The van der Waals surface area contributed by atoms with Crippen molar-refractivity contribution in [1.82, 2.24) is 5.32 Å². The lowest BCUT2D eigenvalue weighted by Gasteiger charge is -2.14. The fraction of sp³-hybridized carbons (Fsp3) is 0.312. The van der Waals surface area contributed by atoms with Crippen molar-refractivity contribution in [2.24, 2.45) is 0 Å². The second-order valence-electron chi connectivity index (χ2n) is 4.89. The van der Waals surface area contributed by atoms with E-state index in [1.165, 1.54) is 15.3 Å². The number of nitrogens with one attached hydrogen (secondary N) is 1. The zero-order chi connectivity index (χ0) is 14.7. The Balaban J connectivity index is 2.05. The summed E-state index contributed by atoms with van der Waals surface area (Å²) >= 11 is 8.01. The number of benzene rings is 1. The van der Waals surface area contributed by atoms with Crippen LogP contribution in [0.5, 0.6) is 0 Å². The van der Waals surface area contributed by atoms with Crippen molar-refractivity contribution in [3.8, 4) is 6.07 Å². The highest BCUT2D eigenvalue weighted by molar-refractivity contribution is 7.12. The predicted molar refractivity (Wildman–Crippen MR) is 85.2 cm³/mol. The molecule has 0 fully saturated rings. The van der Waals surface area contributed by atoms with Crippen LogP contribution in [-0.2, 0) is 6.54 Å². The van der Waals surface area contributed by atoms with Gasteiger partial charge < -0.3 is 5.32 Å². The molecule has 1 unspecified atom stereocenters. The summed E-state index contributed by atoms with van der Waals surface area (Å²) in [7, 11) is 0. The van der Waals surface area contributed by atoms with Crippen molar-refractivity contribution in [3.63, 3.8) is 0 Å². The first-order valence-corrected chi connectivity index (χ1v) is 7.69. The number of aryl methyl sites for hydroxylation is 2. The Hall–Kier alpha value is -1.34. The molecule has 0 amide bonds. The maximum absolute atomic E-state index is 8.83. The van der Waals surface area contributed by atoms with Crippen LogP contribution in [0, 0.1) is 25.2 Å². The number of thiophene rings is 1. The van der Waals surface area contributed by atoms with E-state index in [1.54, 1.807) is 12.1 Å². The summed E-state index contributed by atoms with van der Waals surface area (Å²) in [4.78, 5) is 2.69. The molecule has 2 nitrogen and oxygen atoms in total. The summed E-state index contributed by atoms with van der Waals surface area (Å²) in [6.07, 6.45) is 0. The van der Waals surface area contributed by atoms with Gasteiger partial charge in [-0.3, -0.25) is 0 Å². The van der Waals surface area contributed by atoms with Gasteiger partial charge in [0, 0.05) is 27.4 Å². The van der Waals surface area contributed by atoms with Gasteiger partial charge in [0.2, 0.25) is 0 Å². The van der Waals surface area contributed by atoms with Gasteiger partial charge in [-0.15, -0.1) is 11.3 Å².